The van der Waals surface area contributed by atoms with Crippen molar-refractivity contribution >= 4 is 53.3 Å². The Morgan fingerprint density at radius 3 is 2.00 bits per heavy atom. The second kappa shape index (κ2) is 17.0. The van der Waals surface area contributed by atoms with Crippen molar-refractivity contribution in [2.45, 2.75) is 54.6 Å². The average Bonchev–Trinajstić information content (AvgIpc) is 3.15. The van der Waals surface area contributed by atoms with Crippen LogP contribution < -0.4 is 10.6 Å². The van der Waals surface area contributed by atoms with Crippen molar-refractivity contribution in [3.05, 3.63) is 141 Å². The molecule has 1 atom stereocenters. The van der Waals surface area contributed by atoms with Crippen LogP contribution in [0.5, 0.6) is 0 Å². The molecule has 1 saturated heterocycles. The lowest BCUT2D eigenvalue weighted by atomic mass is 9.51. The number of amides is 3. The largest absolute Gasteiger partial charge is 0.397 e. The van der Waals surface area contributed by atoms with Crippen LogP contribution in [-0.4, -0.2) is 74.0 Å². The number of nitrogens with one attached hydrogen (secondary N) is 2. The molecular formula is C42H44Cl3F3N4O3. The summed E-state index contributed by atoms with van der Waals surface area (Å²) in [5, 5.41) is 6.64. The van der Waals surface area contributed by atoms with Gasteiger partial charge in [-0.15, -0.1) is 12.4 Å². The molecule has 0 radical (unpaired) electrons. The quantitative estimate of drug-likeness (QED) is 0.162. The number of carbonyl (C=O) groups is 3. The minimum Gasteiger partial charge on any atom is -0.358 e. The number of halogens is 6. The van der Waals surface area contributed by atoms with Crippen LogP contribution in [0.2, 0.25) is 10.0 Å². The zero-order chi connectivity index (χ0) is 38.7. The molecule has 7 nitrogen and oxygen atoms in total. The van der Waals surface area contributed by atoms with Gasteiger partial charge in [0.05, 0.1) is 22.0 Å². The Labute approximate surface area is 336 Å². The summed E-state index contributed by atoms with van der Waals surface area (Å²) in [6.07, 6.45) is -4.59. The summed E-state index contributed by atoms with van der Waals surface area (Å²) >= 11 is 13.2. The monoisotopic (exact) mass is 814 g/mol. The standard InChI is InChI=1S/C42H43Cl2F3N4O3.ClH/c1-48-38(54)42(30-12-5-3-6-13-30,31-14-7-4-8-15-31)39(32-17-18-34(43)35(44)26-32,28-50(2)37(53)27-41(45,46)47)19-22-51-23-20-40(21-24-51)33-16-10-9-11-29(33)25-36(52)49-40;/h3-18,26H,19-25,27-28H2,1-2H3,(H,48,54)(H,49,52);1H/t39-;/m1./s1. The van der Waals surface area contributed by atoms with Crippen molar-refractivity contribution in [3.63, 3.8) is 0 Å². The second-order valence-corrected chi connectivity index (χ2v) is 15.2. The highest BCUT2D eigenvalue weighted by molar-refractivity contribution is 6.42. The maximum atomic E-state index is 15.1. The summed E-state index contributed by atoms with van der Waals surface area (Å²) in [6.45, 7) is 1.31. The van der Waals surface area contributed by atoms with Gasteiger partial charge in [0.2, 0.25) is 17.7 Å². The first-order valence-electron chi connectivity index (χ1n) is 18.0. The van der Waals surface area contributed by atoms with Gasteiger partial charge in [0.25, 0.3) is 0 Å². The number of piperidine rings is 1. The number of carbonyl (C=O) groups excluding carboxylic acids is 3. The van der Waals surface area contributed by atoms with E-state index in [0.29, 0.717) is 55.6 Å². The maximum Gasteiger partial charge on any atom is 0.397 e. The lowest BCUT2D eigenvalue weighted by Gasteiger charge is -2.53. The lowest BCUT2D eigenvalue weighted by molar-refractivity contribution is -0.161. The Balaban J connectivity index is 0.00000580. The SMILES string of the molecule is CNC(=O)C(c1ccccc1)(c1ccccc1)[C@](CCN1CCC2(CC1)NC(=O)Cc1ccccc12)(CN(C)C(=O)CC(F)(F)F)c1ccc(Cl)c(Cl)c1.Cl. The molecule has 6 rings (SSSR count). The minimum atomic E-state index is -4.74. The number of rotatable bonds is 11. The summed E-state index contributed by atoms with van der Waals surface area (Å²) in [7, 11) is 2.88. The molecular weight excluding hydrogens is 772 g/mol. The van der Waals surface area contributed by atoms with Crippen molar-refractivity contribution in [3.8, 4) is 0 Å². The van der Waals surface area contributed by atoms with Gasteiger partial charge in [0.15, 0.2) is 0 Å². The first kappa shape index (κ1) is 42.1. The Bertz CT molecular complexity index is 1950. The van der Waals surface area contributed by atoms with E-state index in [4.69, 9.17) is 23.2 Å². The molecule has 3 amide bonds. The molecule has 2 aliphatic heterocycles. The molecule has 2 aliphatic rings. The fourth-order valence-corrected chi connectivity index (χ4v) is 9.09. The second-order valence-electron chi connectivity index (χ2n) is 14.4. The number of hydrogen-bond acceptors (Lipinski definition) is 4. The van der Waals surface area contributed by atoms with Gasteiger partial charge in [-0.1, -0.05) is 114 Å². The van der Waals surface area contributed by atoms with E-state index >= 15 is 4.79 Å². The zero-order valence-corrected chi connectivity index (χ0v) is 32.9. The van der Waals surface area contributed by atoms with Crippen molar-refractivity contribution in [2.75, 3.05) is 40.3 Å². The Hall–Kier alpha value is -4.09. The topological polar surface area (TPSA) is 81.8 Å². The highest BCUT2D eigenvalue weighted by Crippen LogP contribution is 2.53. The van der Waals surface area contributed by atoms with E-state index in [1.54, 1.807) is 18.2 Å². The van der Waals surface area contributed by atoms with E-state index in [-0.39, 0.29) is 41.3 Å². The van der Waals surface area contributed by atoms with Gasteiger partial charge >= 0.3 is 6.18 Å². The molecule has 55 heavy (non-hydrogen) atoms. The molecule has 13 heteroatoms. The van der Waals surface area contributed by atoms with Crippen LogP contribution in [-0.2, 0) is 37.2 Å². The third kappa shape index (κ3) is 8.24. The number of fused-ring (bicyclic) bond motifs is 2. The third-order valence-electron chi connectivity index (χ3n) is 11.3. The molecule has 0 saturated carbocycles. The van der Waals surface area contributed by atoms with E-state index in [0.717, 1.165) is 16.0 Å². The molecule has 0 aromatic heterocycles. The number of alkyl halides is 3. The summed E-state index contributed by atoms with van der Waals surface area (Å²) < 4.78 is 41.2. The Morgan fingerprint density at radius 1 is 0.855 bits per heavy atom. The molecule has 0 aliphatic carbocycles. The van der Waals surface area contributed by atoms with Gasteiger partial charge < -0.3 is 20.4 Å². The van der Waals surface area contributed by atoms with E-state index in [9.17, 15) is 22.8 Å². The molecule has 1 spiro atoms. The smallest absolute Gasteiger partial charge is 0.358 e. The normalized spacial score (nSPS) is 16.6. The van der Waals surface area contributed by atoms with Crippen LogP contribution in [0.25, 0.3) is 0 Å². The number of nitrogens with zero attached hydrogens (tertiary/aromatic N) is 2. The van der Waals surface area contributed by atoms with Crippen LogP contribution in [0.15, 0.2) is 103 Å². The molecule has 0 unspecified atom stereocenters. The maximum absolute atomic E-state index is 15.1. The number of likely N-dealkylation sites (N-methyl/N-ethyl adjacent to an activating group) is 2. The average molecular weight is 816 g/mol. The van der Waals surface area contributed by atoms with Crippen LogP contribution in [0, 0.1) is 0 Å². The van der Waals surface area contributed by atoms with Gasteiger partial charge in [-0.2, -0.15) is 13.2 Å². The molecule has 0 bridgehead atoms. The number of likely N-dealkylation sites (tertiary alicyclic amines) is 1. The minimum absolute atomic E-state index is 0. The number of hydrogen-bond donors (Lipinski definition) is 2. The Kier molecular flexibility index (Phi) is 13.0. The molecule has 292 valence electrons. The van der Waals surface area contributed by atoms with Gasteiger partial charge in [-0.05, 0) is 65.8 Å². The number of benzene rings is 4. The van der Waals surface area contributed by atoms with Crippen LogP contribution in [0.3, 0.4) is 0 Å². The van der Waals surface area contributed by atoms with Crippen molar-refractivity contribution in [2.24, 2.45) is 0 Å². The van der Waals surface area contributed by atoms with Crippen LogP contribution in [0.1, 0.15) is 53.5 Å². The van der Waals surface area contributed by atoms with Crippen LogP contribution in [0.4, 0.5) is 13.2 Å². The molecule has 4 aromatic carbocycles. The predicted molar refractivity (Wildman–Crippen MR) is 212 cm³/mol. The first-order valence-corrected chi connectivity index (χ1v) is 18.7. The van der Waals surface area contributed by atoms with Gasteiger partial charge in [-0.3, -0.25) is 14.4 Å². The van der Waals surface area contributed by atoms with Crippen molar-refractivity contribution in [1.82, 2.24) is 20.4 Å². The molecule has 2 heterocycles. The summed E-state index contributed by atoms with van der Waals surface area (Å²) in [5.74, 6) is -1.57. The summed E-state index contributed by atoms with van der Waals surface area (Å²) in [6, 6.07) is 31.3. The van der Waals surface area contributed by atoms with E-state index in [2.05, 4.69) is 21.6 Å². The third-order valence-corrected chi connectivity index (χ3v) is 12.0. The fourth-order valence-electron chi connectivity index (χ4n) is 8.79. The van der Waals surface area contributed by atoms with Gasteiger partial charge in [0, 0.05) is 39.1 Å². The van der Waals surface area contributed by atoms with E-state index < -0.39 is 40.8 Å². The van der Waals surface area contributed by atoms with Crippen molar-refractivity contribution < 1.29 is 27.6 Å². The zero-order valence-electron chi connectivity index (χ0n) is 30.6. The lowest BCUT2D eigenvalue weighted by Crippen LogP contribution is -2.63. The van der Waals surface area contributed by atoms with Gasteiger partial charge in [-0.25, -0.2) is 0 Å². The molecule has 4 aromatic rings. The first-order chi connectivity index (χ1) is 25.7. The van der Waals surface area contributed by atoms with Crippen molar-refractivity contribution in [1.29, 1.82) is 0 Å². The fraction of sp³-hybridized carbons (Fsp3) is 0.357. The van der Waals surface area contributed by atoms with Gasteiger partial charge in [0.1, 0.15) is 11.8 Å². The summed E-state index contributed by atoms with van der Waals surface area (Å²) in [4.78, 5) is 44.7. The molecule has 1 fully saturated rings. The highest BCUT2D eigenvalue weighted by Gasteiger charge is 2.60. The predicted octanol–water partition coefficient (Wildman–Crippen LogP) is 7.85. The molecule has 2 N–H and O–H groups in total. The van der Waals surface area contributed by atoms with E-state index in [1.807, 2.05) is 78.9 Å². The Morgan fingerprint density at radius 2 is 1.44 bits per heavy atom. The highest BCUT2D eigenvalue weighted by atomic mass is 35.5. The van der Waals surface area contributed by atoms with Crippen LogP contribution >= 0.6 is 35.6 Å². The van der Waals surface area contributed by atoms with E-state index in [1.165, 1.54) is 14.1 Å². The summed E-state index contributed by atoms with van der Waals surface area (Å²) in [5.41, 5.74) is 0.263.